The molecule has 0 spiro atoms. The number of nitrogens with zero attached hydrogens (tertiary/aromatic N) is 2. The van der Waals surface area contributed by atoms with Crippen LogP contribution in [0.3, 0.4) is 0 Å². The van der Waals surface area contributed by atoms with Gasteiger partial charge in [-0.05, 0) is 28.9 Å². The average Bonchev–Trinajstić information content (AvgIpc) is 2.82. The number of hydrogen-bond donors (Lipinski definition) is 1. The number of aromatic nitrogens is 3. The number of esters is 1. The fourth-order valence-corrected chi connectivity index (χ4v) is 1.90. The van der Waals surface area contributed by atoms with E-state index in [1.54, 1.807) is 13.0 Å². The monoisotopic (exact) mass is 313 g/mol. The van der Waals surface area contributed by atoms with Crippen molar-refractivity contribution in [2.75, 3.05) is 6.61 Å². The molecule has 5 nitrogen and oxygen atoms in total. The van der Waals surface area contributed by atoms with Crippen LogP contribution in [0.1, 0.15) is 17.4 Å². The van der Waals surface area contributed by atoms with Crippen LogP contribution in [0.15, 0.2) is 22.7 Å². The van der Waals surface area contributed by atoms with Gasteiger partial charge in [-0.1, -0.05) is 12.1 Å². The number of rotatable bonds is 3. The third-order valence-corrected chi connectivity index (χ3v) is 3.03. The molecule has 0 aliphatic rings. The first-order valence-electron chi connectivity index (χ1n) is 5.17. The molecule has 0 radical (unpaired) electrons. The maximum Gasteiger partial charge on any atom is 0.361 e. The van der Waals surface area contributed by atoms with Gasteiger partial charge in [-0.3, -0.25) is 0 Å². The second-order valence-corrected chi connectivity index (χ2v) is 4.14. The molecule has 0 amide bonds. The molecule has 94 valence electrons. The molecule has 1 heterocycles. The second kappa shape index (κ2) is 5.26. The quantitative estimate of drug-likeness (QED) is 0.884. The highest BCUT2D eigenvalue weighted by molar-refractivity contribution is 9.10. The minimum absolute atomic E-state index is 0.0307. The van der Waals surface area contributed by atoms with E-state index < -0.39 is 11.8 Å². The Morgan fingerprint density at radius 1 is 1.50 bits per heavy atom. The zero-order valence-electron chi connectivity index (χ0n) is 9.41. The summed E-state index contributed by atoms with van der Waals surface area (Å²) in [6.45, 7) is 1.92. The number of benzene rings is 1. The lowest BCUT2D eigenvalue weighted by Gasteiger charge is -2.04. The third kappa shape index (κ3) is 2.26. The summed E-state index contributed by atoms with van der Waals surface area (Å²) in [6, 6.07) is 4.46. The van der Waals surface area contributed by atoms with Crippen molar-refractivity contribution in [2.45, 2.75) is 6.92 Å². The first-order valence-corrected chi connectivity index (χ1v) is 5.96. The number of H-pyrrole nitrogens is 1. The zero-order valence-corrected chi connectivity index (χ0v) is 11.0. The molecule has 1 N–H and O–H groups in total. The van der Waals surface area contributed by atoms with Gasteiger partial charge in [-0.2, -0.15) is 10.3 Å². The summed E-state index contributed by atoms with van der Waals surface area (Å²) >= 11 is 3.12. The Morgan fingerprint density at radius 2 is 2.28 bits per heavy atom. The molecule has 2 aromatic rings. The number of ether oxygens (including phenoxy) is 1. The van der Waals surface area contributed by atoms with Crippen LogP contribution in [0, 0.1) is 5.82 Å². The summed E-state index contributed by atoms with van der Waals surface area (Å²) in [6.07, 6.45) is 0. The van der Waals surface area contributed by atoms with Crippen LogP contribution in [0.5, 0.6) is 0 Å². The normalized spacial score (nSPS) is 10.4. The Balaban J connectivity index is 2.49. The number of carbonyl (C=O) groups is 1. The van der Waals surface area contributed by atoms with E-state index in [4.69, 9.17) is 4.74 Å². The second-order valence-electron chi connectivity index (χ2n) is 3.34. The first kappa shape index (κ1) is 12.7. The Hall–Kier alpha value is -1.76. The summed E-state index contributed by atoms with van der Waals surface area (Å²) in [4.78, 5) is 11.6. The lowest BCUT2D eigenvalue weighted by atomic mass is 10.1. The minimum Gasteiger partial charge on any atom is -0.461 e. The van der Waals surface area contributed by atoms with Gasteiger partial charge in [0.15, 0.2) is 5.69 Å². The molecule has 0 unspecified atom stereocenters. The summed E-state index contributed by atoms with van der Waals surface area (Å²) in [5, 5.41) is 9.92. The van der Waals surface area contributed by atoms with Crippen LogP contribution in [0.25, 0.3) is 11.3 Å². The smallest absolute Gasteiger partial charge is 0.361 e. The Labute approximate surface area is 110 Å². The largest absolute Gasteiger partial charge is 0.461 e. The minimum atomic E-state index is -0.600. The van der Waals surface area contributed by atoms with Gasteiger partial charge in [-0.25, -0.2) is 9.18 Å². The van der Waals surface area contributed by atoms with Crippen LogP contribution in [0.4, 0.5) is 4.39 Å². The predicted molar refractivity (Wildman–Crippen MR) is 65.4 cm³/mol. The summed E-state index contributed by atoms with van der Waals surface area (Å²) in [7, 11) is 0. The van der Waals surface area contributed by atoms with E-state index >= 15 is 0 Å². The van der Waals surface area contributed by atoms with E-state index in [0.29, 0.717) is 5.56 Å². The molecule has 0 saturated heterocycles. The third-order valence-electron chi connectivity index (χ3n) is 2.22. The van der Waals surface area contributed by atoms with E-state index in [1.165, 1.54) is 12.1 Å². The van der Waals surface area contributed by atoms with E-state index in [1.807, 2.05) is 0 Å². The van der Waals surface area contributed by atoms with Crippen molar-refractivity contribution in [3.05, 3.63) is 34.2 Å². The molecule has 7 heteroatoms. The molecular formula is C11H9BrFN3O2. The topological polar surface area (TPSA) is 67.9 Å². The zero-order chi connectivity index (χ0) is 13.1. The number of nitrogens with one attached hydrogen (secondary N) is 1. The van der Waals surface area contributed by atoms with E-state index in [0.717, 1.165) is 0 Å². The van der Waals surface area contributed by atoms with Gasteiger partial charge in [-0.15, -0.1) is 5.10 Å². The molecule has 0 saturated carbocycles. The van der Waals surface area contributed by atoms with E-state index in [-0.39, 0.29) is 22.5 Å². The number of aromatic amines is 1. The van der Waals surface area contributed by atoms with Gasteiger partial charge in [0, 0.05) is 5.56 Å². The van der Waals surface area contributed by atoms with Crippen LogP contribution in [-0.4, -0.2) is 28.0 Å². The van der Waals surface area contributed by atoms with Gasteiger partial charge in [0.25, 0.3) is 0 Å². The molecular weight excluding hydrogens is 305 g/mol. The maximum absolute atomic E-state index is 13.4. The molecule has 0 bridgehead atoms. The van der Waals surface area contributed by atoms with Gasteiger partial charge in [0.1, 0.15) is 11.5 Å². The number of halogens is 2. The lowest BCUT2D eigenvalue weighted by molar-refractivity contribution is 0.0520. The van der Waals surface area contributed by atoms with Gasteiger partial charge in [0.2, 0.25) is 0 Å². The molecule has 1 aromatic heterocycles. The molecule has 0 aliphatic carbocycles. The van der Waals surface area contributed by atoms with Gasteiger partial charge < -0.3 is 4.74 Å². The highest BCUT2D eigenvalue weighted by Gasteiger charge is 2.21. The summed E-state index contributed by atoms with van der Waals surface area (Å²) in [5.41, 5.74) is 0.717. The molecule has 18 heavy (non-hydrogen) atoms. The van der Waals surface area contributed by atoms with Crippen molar-refractivity contribution in [2.24, 2.45) is 0 Å². The van der Waals surface area contributed by atoms with E-state index in [2.05, 4.69) is 31.3 Å². The first-order chi connectivity index (χ1) is 8.65. The van der Waals surface area contributed by atoms with Crippen molar-refractivity contribution in [3.63, 3.8) is 0 Å². The molecule has 2 rings (SSSR count). The van der Waals surface area contributed by atoms with Crippen molar-refractivity contribution in [1.29, 1.82) is 0 Å². The standard InChI is InChI=1S/C11H9BrFN3O2/c1-2-18-11(17)10-9(14-16-15-10)6-4-3-5-7(13)8(6)12/h3-5H,2H2,1H3,(H,14,15,16). The molecule has 0 atom stereocenters. The van der Waals surface area contributed by atoms with Crippen LogP contribution < -0.4 is 0 Å². The molecule has 1 aromatic carbocycles. The summed E-state index contributed by atoms with van der Waals surface area (Å²) < 4.78 is 18.5. The van der Waals surface area contributed by atoms with Crippen molar-refractivity contribution < 1.29 is 13.9 Å². The fraction of sp³-hybridized carbons (Fsp3) is 0.182. The number of carbonyl (C=O) groups excluding carboxylic acids is 1. The van der Waals surface area contributed by atoms with Crippen LogP contribution >= 0.6 is 15.9 Å². The predicted octanol–water partition coefficient (Wildman–Crippen LogP) is 2.55. The molecule has 0 aliphatic heterocycles. The van der Waals surface area contributed by atoms with Crippen LogP contribution in [0.2, 0.25) is 0 Å². The van der Waals surface area contributed by atoms with Gasteiger partial charge in [0.05, 0.1) is 11.1 Å². The Bertz CT molecular complexity index is 585. The van der Waals surface area contributed by atoms with Crippen molar-refractivity contribution in [1.82, 2.24) is 15.4 Å². The van der Waals surface area contributed by atoms with Crippen molar-refractivity contribution in [3.8, 4) is 11.3 Å². The lowest BCUT2D eigenvalue weighted by Crippen LogP contribution is -2.07. The fourth-order valence-electron chi connectivity index (χ4n) is 1.45. The SMILES string of the molecule is CCOC(=O)c1n[nH]nc1-c1cccc(F)c1Br. The van der Waals surface area contributed by atoms with Crippen LogP contribution in [-0.2, 0) is 4.74 Å². The van der Waals surface area contributed by atoms with Crippen molar-refractivity contribution >= 4 is 21.9 Å². The highest BCUT2D eigenvalue weighted by atomic mass is 79.9. The van der Waals surface area contributed by atoms with E-state index in [9.17, 15) is 9.18 Å². The highest BCUT2D eigenvalue weighted by Crippen LogP contribution is 2.30. The Morgan fingerprint density at radius 3 is 3.00 bits per heavy atom. The molecule has 0 fully saturated rings. The average molecular weight is 314 g/mol. The summed E-state index contributed by atoms with van der Waals surface area (Å²) in [5.74, 6) is -1.04. The Kier molecular flexibility index (Phi) is 3.71. The maximum atomic E-state index is 13.4. The van der Waals surface area contributed by atoms with Gasteiger partial charge >= 0.3 is 5.97 Å². The number of hydrogen-bond acceptors (Lipinski definition) is 4.